The maximum absolute atomic E-state index is 11.6. The van der Waals surface area contributed by atoms with Crippen LogP contribution in [0.15, 0.2) is 12.1 Å². The summed E-state index contributed by atoms with van der Waals surface area (Å²) in [5, 5.41) is 10.8. The lowest BCUT2D eigenvalue weighted by Crippen LogP contribution is -2.27. The summed E-state index contributed by atoms with van der Waals surface area (Å²) in [5.74, 6) is 0.588. The van der Waals surface area contributed by atoms with E-state index in [1.165, 1.54) is 25.8 Å². The number of nitrogens with zero attached hydrogens (tertiary/aromatic N) is 1. The number of rotatable bonds is 7. The van der Waals surface area contributed by atoms with Crippen LogP contribution in [0.25, 0.3) is 0 Å². The fraction of sp³-hybridized carbons (Fsp3) is 0.588. The number of Topliss-reactive ketones (excluding diaryl/α,β-unsaturated/α-hetero) is 1. The highest BCUT2D eigenvalue weighted by Crippen LogP contribution is 2.33. The molecule has 1 aromatic carbocycles. The number of phenols is 1. The molecule has 116 valence electrons. The van der Waals surface area contributed by atoms with Crippen molar-refractivity contribution in [3.63, 3.8) is 0 Å². The van der Waals surface area contributed by atoms with E-state index in [4.69, 9.17) is 11.6 Å². The van der Waals surface area contributed by atoms with Crippen molar-refractivity contribution in [3.05, 3.63) is 28.3 Å². The highest BCUT2D eigenvalue weighted by Gasteiger charge is 2.29. The van der Waals surface area contributed by atoms with Crippen LogP contribution >= 0.6 is 11.6 Å². The first kappa shape index (κ1) is 16.3. The lowest BCUT2D eigenvalue weighted by atomic mass is 10.0. The Morgan fingerprint density at radius 1 is 1.43 bits per heavy atom. The van der Waals surface area contributed by atoms with Gasteiger partial charge in [-0.15, -0.1) is 0 Å². The zero-order chi connectivity index (χ0) is 15.6. The summed E-state index contributed by atoms with van der Waals surface area (Å²) in [6, 6.07) is 3.93. The molecule has 1 fully saturated rings. The van der Waals surface area contributed by atoms with Crippen LogP contribution in [0.1, 0.15) is 56.0 Å². The number of benzene rings is 1. The van der Waals surface area contributed by atoms with Gasteiger partial charge in [0.05, 0.1) is 5.56 Å². The van der Waals surface area contributed by atoms with Gasteiger partial charge in [0.25, 0.3) is 0 Å². The molecule has 4 heteroatoms. The molecule has 0 aromatic heterocycles. The Morgan fingerprint density at radius 2 is 2.10 bits per heavy atom. The van der Waals surface area contributed by atoms with Crippen molar-refractivity contribution in [2.75, 3.05) is 6.54 Å². The van der Waals surface area contributed by atoms with E-state index in [1.54, 1.807) is 6.07 Å². The molecule has 1 aliphatic rings. The zero-order valence-electron chi connectivity index (χ0n) is 13.0. The van der Waals surface area contributed by atoms with E-state index in [0.29, 0.717) is 29.1 Å². The summed E-state index contributed by atoms with van der Waals surface area (Å²) in [4.78, 5) is 14.0. The first-order valence-corrected chi connectivity index (χ1v) is 8.02. The molecule has 3 nitrogen and oxygen atoms in total. The average Bonchev–Trinajstić information content (AvgIpc) is 3.21. The molecule has 0 unspecified atom stereocenters. The van der Waals surface area contributed by atoms with E-state index in [0.717, 1.165) is 18.5 Å². The minimum atomic E-state index is -0.156. The number of phenolic OH excluding ortho intramolecular Hbond substituents is 1. The number of ketones is 1. The summed E-state index contributed by atoms with van der Waals surface area (Å²) in [6.07, 6.45) is 3.58. The summed E-state index contributed by atoms with van der Waals surface area (Å²) < 4.78 is 0. The first-order chi connectivity index (χ1) is 9.88. The maximum atomic E-state index is 11.6. The van der Waals surface area contributed by atoms with Crippen LogP contribution in [-0.2, 0) is 6.54 Å². The Bertz CT molecular complexity index is 524. The van der Waals surface area contributed by atoms with Crippen molar-refractivity contribution in [1.82, 2.24) is 4.90 Å². The Labute approximate surface area is 131 Å². The standard InChI is InChI=1S/C17H24ClNO2/c1-11(2)6-7-19(15-4-5-15)10-13-8-14(18)9-16(12(3)20)17(13)21/h8-9,11,15,21H,4-7,10H2,1-3H3. The van der Waals surface area contributed by atoms with Gasteiger partial charge in [-0.25, -0.2) is 0 Å². The number of carbonyl (C=O) groups excluding carboxylic acids is 1. The van der Waals surface area contributed by atoms with E-state index in [9.17, 15) is 9.90 Å². The molecule has 0 bridgehead atoms. The monoisotopic (exact) mass is 309 g/mol. The van der Waals surface area contributed by atoms with E-state index in [1.807, 2.05) is 0 Å². The molecule has 21 heavy (non-hydrogen) atoms. The van der Waals surface area contributed by atoms with Gasteiger partial charge in [-0.05, 0) is 50.8 Å². The number of aromatic hydroxyl groups is 1. The first-order valence-electron chi connectivity index (χ1n) is 7.65. The second-order valence-corrected chi connectivity index (χ2v) is 6.84. The second-order valence-electron chi connectivity index (χ2n) is 6.40. The summed E-state index contributed by atoms with van der Waals surface area (Å²) in [6.45, 7) is 7.56. The normalized spacial score (nSPS) is 15.0. The SMILES string of the molecule is CC(=O)c1cc(Cl)cc(CN(CCC(C)C)C2CC2)c1O. The second kappa shape index (κ2) is 6.80. The molecule has 0 saturated heterocycles. The van der Waals surface area contributed by atoms with E-state index < -0.39 is 0 Å². The van der Waals surface area contributed by atoms with Crippen LogP contribution < -0.4 is 0 Å². The molecule has 1 N–H and O–H groups in total. The topological polar surface area (TPSA) is 40.5 Å². The highest BCUT2D eigenvalue weighted by atomic mass is 35.5. The summed E-state index contributed by atoms with van der Waals surface area (Å²) in [7, 11) is 0. The van der Waals surface area contributed by atoms with Crippen LogP contribution in [0, 0.1) is 5.92 Å². The zero-order valence-corrected chi connectivity index (χ0v) is 13.8. The van der Waals surface area contributed by atoms with Crippen molar-refractivity contribution in [2.45, 2.75) is 52.6 Å². The lowest BCUT2D eigenvalue weighted by Gasteiger charge is -2.24. The largest absolute Gasteiger partial charge is 0.507 e. The third-order valence-corrected chi connectivity index (χ3v) is 4.18. The Morgan fingerprint density at radius 3 is 2.62 bits per heavy atom. The van der Waals surface area contributed by atoms with Crippen molar-refractivity contribution in [3.8, 4) is 5.75 Å². The number of hydrogen-bond acceptors (Lipinski definition) is 3. The van der Waals surface area contributed by atoms with E-state index in [-0.39, 0.29) is 11.5 Å². The predicted octanol–water partition coefficient (Wildman–Crippen LogP) is 4.26. The Balaban J connectivity index is 2.18. The van der Waals surface area contributed by atoms with E-state index in [2.05, 4.69) is 18.7 Å². The minimum absolute atomic E-state index is 0.0853. The van der Waals surface area contributed by atoms with Crippen LogP contribution in [0.3, 0.4) is 0 Å². The third-order valence-electron chi connectivity index (χ3n) is 3.96. The summed E-state index contributed by atoms with van der Waals surface area (Å²) in [5.41, 5.74) is 1.07. The Hall–Kier alpha value is -1.06. The average molecular weight is 310 g/mol. The molecule has 1 aliphatic carbocycles. The molecule has 0 spiro atoms. The third kappa shape index (κ3) is 4.45. The molecule has 0 radical (unpaired) electrons. The molecule has 1 saturated carbocycles. The molecular weight excluding hydrogens is 286 g/mol. The molecule has 0 heterocycles. The lowest BCUT2D eigenvalue weighted by molar-refractivity contribution is 0.101. The van der Waals surface area contributed by atoms with Gasteiger partial charge >= 0.3 is 0 Å². The van der Waals surface area contributed by atoms with Crippen LogP contribution in [0.5, 0.6) is 5.75 Å². The number of hydrogen-bond donors (Lipinski definition) is 1. The van der Waals surface area contributed by atoms with Gasteiger partial charge < -0.3 is 5.11 Å². The van der Waals surface area contributed by atoms with Gasteiger partial charge in [-0.1, -0.05) is 25.4 Å². The van der Waals surface area contributed by atoms with Gasteiger partial charge in [0.2, 0.25) is 0 Å². The molecular formula is C17H24ClNO2. The number of halogens is 1. The van der Waals surface area contributed by atoms with Crippen molar-refractivity contribution >= 4 is 17.4 Å². The van der Waals surface area contributed by atoms with Gasteiger partial charge in [-0.3, -0.25) is 9.69 Å². The maximum Gasteiger partial charge on any atom is 0.163 e. The van der Waals surface area contributed by atoms with Crippen molar-refractivity contribution in [1.29, 1.82) is 0 Å². The smallest absolute Gasteiger partial charge is 0.163 e. The van der Waals surface area contributed by atoms with Gasteiger partial charge in [-0.2, -0.15) is 0 Å². The molecule has 0 atom stereocenters. The quantitative estimate of drug-likeness (QED) is 0.765. The summed E-state index contributed by atoms with van der Waals surface area (Å²) >= 11 is 6.09. The van der Waals surface area contributed by atoms with Gasteiger partial charge in [0, 0.05) is 23.2 Å². The molecule has 0 aliphatic heterocycles. The fourth-order valence-electron chi connectivity index (χ4n) is 2.52. The van der Waals surface area contributed by atoms with Crippen LogP contribution in [-0.4, -0.2) is 28.4 Å². The van der Waals surface area contributed by atoms with Gasteiger partial charge in [0.15, 0.2) is 5.78 Å². The van der Waals surface area contributed by atoms with Crippen LogP contribution in [0.2, 0.25) is 5.02 Å². The fourth-order valence-corrected chi connectivity index (χ4v) is 2.76. The van der Waals surface area contributed by atoms with E-state index >= 15 is 0 Å². The highest BCUT2D eigenvalue weighted by molar-refractivity contribution is 6.31. The molecule has 1 aromatic rings. The molecule has 0 amide bonds. The Kier molecular flexibility index (Phi) is 5.28. The molecule has 2 rings (SSSR count). The van der Waals surface area contributed by atoms with Crippen LogP contribution in [0.4, 0.5) is 0 Å². The van der Waals surface area contributed by atoms with Crippen molar-refractivity contribution in [2.24, 2.45) is 5.92 Å². The minimum Gasteiger partial charge on any atom is -0.507 e. The predicted molar refractivity (Wildman–Crippen MR) is 86.0 cm³/mol. The van der Waals surface area contributed by atoms with Gasteiger partial charge in [0.1, 0.15) is 5.75 Å². The number of carbonyl (C=O) groups is 1. The van der Waals surface area contributed by atoms with Crippen molar-refractivity contribution < 1.29 is 9.90 Å².